The standard InChI is InChI=1S/C16H22ClN3O/c1-10-8-16(3,4)20(5)15-7-14(17)12(6-13(10)15)9-18-19-11(2)21/h6-7,9-10H,8H2,1-5H3,(H,19,21)/b18-9+. The fraction of sp³-hybridized carbons (Fsp3) is 0.500. The highest BCUT2D eigenvalue weighted by molar-refractivity contribution is 6.33. The molecular weight excluding hydrogens is 286 g/mol. The number of rotatable bonds is 2. The van der Waals surface area contributed by atoms with Crippen molar-refractivity contribution in [3.63, 3.8) is 0 Å². The van der Waals surface area contributed by atoms with Crippen LogP contribution >= 0.6 is 11.6 Å². The molecule has 2 rings (SSSR count). The molecule has 1 amide bonds. The Labute approximate surface area is 131 Å². The first kappa shape index (κ1) is 15.8. The summed E-state index contributed by atoms with van der Waals surface area (Å²) in [5, 5.41) is 4.54. The van der Waals surface area contributed by atoms with Crippen LogP contribution in [0.5, 0.6) is 0 Å². The third-order valence-electron chi connectivity index (χ3n) is 4.18. The van der Waals surface area contributed by atoms with Gasteiger partial charge in [-0.3, -0.25) is 4.79 Å². The summed E-state index contributed by atoms with van der Waals surface area (Å²) in [6.45, 7) is 8.14. The summed E-state index contributed by atoms with van der Waals surface area (Å²) >= 11 is 6.35. The number of amides is 1. The first-order chi connectivity index (χ1) is 9.72. The normalized spacial score (nSPS) is 20.5. The molecule has 5 heteroatoms. The number of fused-ring (bicyclic) bond motifs is 1. The van der Waals surface area contributed by atoms with Crippen LogP contribution in [-0.2, 0) is 4.79 Å². The Morgan fingerprint density at radius 3 is 2.81 bits per heavy atom. The Morgan fingerprint density at radius 1 is 1.52 bits per heavy atom. The smallest absolute Gasteiger partial charge is 0.236 e. The second-order valence-electron chi connectivity index (χ2n) is 6.34. The summed E-state index contributed by atoms with van der Waals surface area (Å²) in [7, 11) is 2.10. The van der Waals surface area contributed by atoms with Crippen LogP contribution in [0.4, 0.5) is 5.69 Å². The minimum absolute atomic E-state index is 0.113. The average Bonchev–Trinajstić information content (AvgIpc) is 2.36. The molecule has 0 spiro atoms. The van der Waals surface area contributed by atoms with Gasteiger partial charge < -0.3 is 4.90 Å². The number of benzene rings is 1. The average molecular weight is 308 g/mol. The third kappa shape index (κ3) is 3.21. The van der Waals surface area contributed by atoms with Gasteiger partial charge in [0.15, 0.2) is 0 Å². The molecule has 1 heterocycles. The first-order valence-electron chi connectivity index (χ1n) is 7.09. The number of hydrogen-bond acceptors (Lipinski definition) is 3. The Bertz CT molecular complexity index is 595. The molecule has 1 N–H and O–H groups in total. The van der Waals surface area contributed by atoms with Crippen LogP contribution < -0.4 is 10.3 Å². The molecule has 1 aromatic carbocycles. The van der Waals surface area contributed by atoms with E-state index in [9.17, 15) is 4.79 Å². The lowest BCUT2D eigenvalue weighted by Gasteiger charge is -2.45. The van der Waals surface area contributed by atoms with E-state index in [4.69, 9.17) is 11.6 Å². The summed E-state index contributed by atoms with van der Waals surface area (Å²) in [5.41, 5.74) is 5.77. The number of carbonyl (C=O) groups excluding carboxylic acids is 1. The third-order valence-corrected chi connectivity index (χ3v) is 4.50. The molecule has 0 bridgehead atoms. The lowest BCUT2D eigenvalue weighted by atomic mass is 9.80. The highest BCUT2D eigenvalue weighted by Gasteiger charge is 2.34. The van der Waals surface area contributed by atoms with Gasteiger partial charge in [-0.05, 0) is 43.9 Å². The number of anilines is 1. The van der Waals surface area contributed by atoms with Crippen molar-refractivity contribution < 1.29 is 4.79 Å². The topological polar surface area (TPSA) is 44.7 Å². The molecule has 21 heavy (non-hydrogen) atoms. The van der Waals surface area contributed by atoms with Gasteiger partial charge in [0.1, 0.15) is 0 Å². The van der Waals surface area contributed by atoms with E-state index in [1.54, 1.807) is 6.21 Å². The monoisotopic (exact) mass is 307 g/mol. The van der Waals surface area contributed by atoms with Crippen LogP contribution in [0.1, 0.15) is 51.2 Å². The van der Waals surface area contributed by atoms with Crippen LogP contribution in [0.2, 0.25) is 5.02 Å². The fourth-order valence-electron chi connectivity index (χ4n) is 2.90. The molecule has 0 saturated carbocycles. The van der Waals surface area contributed by atoms with Crippen LogP contribution in [0.15, 0.2) is 17.2 Å². The van der Waals surface area contributed by atoms with Crippen LogP contribution in [0, 0.1) is 0 Å². The van der Waals surface area contributed by atoms with Crippen molar-refractivity contribution in [2.24, 2.45) is 5.10 Å². The molecule has 1 unspecified atom stereocenters. The lowest BCUT2D eigenvalue weighted by Crippen LogP contribution is -2.45. The van der Waals surface area contributed by atoms with Gasteiger partial charge in [0, 0.05) is 30.8 Å². The molecule has 0 fully saturated rings. The maximum Gasteiger partial charge on any atom is 0.236 e. The molecule has 1 aliphatic rings. The highest BCUT2D eigenvalue weighted by atomic mass is 35.5. The number of nitrogens with zero attached hydrogens (tertiary/aromatic N) is 2. The molecule has 1 aromatic rings. The number of hydrazone groups is 1. The maximum absolute atomic E-state index is 10.9. The van der Waals surface area contributed by atoms with Crippen molar-refractivity contribution in [1.82, 2.24) is 5.43 Å². The van der Waals surface area contributed by atoms with Gasteiger partial charge in [-0.2, -0.15) is 5.10 Å². The van der Waals surface area contributed by atoms with Crippen molar-refractivity contribution >= 4 is 29.4 Å². The zero-order valence-electron chi connectivity index (χ0n) is 13.2. The van der Waals surface area contributed by atoms with Gasteiger partial charge >= 0.3 is 0 Å². The quantitative estimate of drug-likeness (QED) is 0.671. The molecule has 4 nitrogen and oxygen atoms in total. The maximum atomic E-state index is 10.9. The van der Waals surface area contributed by atoms with Gasteiger partial charge in [-0.1, -0.05) is 18.5 Å². The van der Waals surface area contributed by atoms with Gasteiger partial charge in [-0.25, -0.2) is 5.43 Å². The van der Waals surface area contributed by atoms with E-state index in [0.717, 1.165) is 12.0 Å². The van der Waals surface area contributed by atoms with Crippen molar-refractivity contribution in [1.29, 1.82) is 0 Å². The van der Waals surface area contributed by atoms with Gasteiger partial charge in [0.05, 0.1) is 11.2 Å². The van der Waals surface area contributed by atoms with E-state index >= 15 is 0 Å². The Morgan fingerprint density at radius 2 is 2.19 bits per heavy atom. The SMILES string of the molecule is CC(=O)N/N=C/c1cc2c(cc1Cl)N(C)C(C)(C)CC2C. The van der Waals surface area contributed by atoms with Crippen molar-refractivity contribution in [3.05, 3.63) is 28.3 Å². The molecule has 1 aliphatic heterocycles. The van der Waals surface area contributed by atoms with Crippen molar-refractivity contribution in [3.8, 4) is 0 Å². The molecule has 114 valence electrons. The first-order valence-corrected chi connectivity index (χ1v) is 7.47. The van der Waals surface area contributed by atoms with E-state index < -0.39 is 0 Å². The highest BCUT2D eigenvalue weighted by Crippen LogP contribution is 2.43. The van der Waals surface area contributed by atoms with Gasteiger partial charge in [-0.15, -0.1) is 0 Å². The Balaban J connectivity index is 2.41. The molecule has 0 radical (unpaired) electrons. The molecular formula is C16H22ClN3O. The minimum atomic E-state index is -0.199. The van der Waals surface area contributed by atoms with E-state index in [-0.39, 0.29) is 11.4 Å². The van der Waals surface area contributed by atoms with Crippen molar-refractivity contribution in [2.45, 2.75) is 45.6 Å². The predicted molar refractivity (Wildman–Crippen MR) is 88.4 cm³/mol. The summed E-state index contributed by atoms with van der Waals surface area (Å²) in [6, 6.07) is 4.06. The second-order valence-corrected chi connectivity index (χ2v) is 6.74. The molecule has 0 aromatic heterocycles. The summed E-state index contributed by atoms with van der Waals surface area (Å²) in [4.78, 5) is 13.1. The predicted octanol–water partition coefficient (Wildman–Crippen LogP) is 3.53. The summed E-state index contributed by atoms with van der Waals surface area (Å²) in [6.07, 6.45) is 2.68. The lowest BCUT2D eigenvalue weighted by molar-refractivity contribution is -0.118. The number of carbonyl (C=O) groups is 1. The molecule has 0 saturated heterocycles. The number of nitrogens with one attached hydrogen (secondary N) is 1. The van der Waals surface area contributed by atoms with Crippen LogP contribution in [0.3, 0.4) is 0 Å². The Hall–Kier alpha value is -1.55. The van der Waals surface area contributed by atoms with Crippen LogP contribution in [-0.4, -0.2) is 24.7 Å². The molecule has 0 aliphatic carbocycles. The van der Waals surface area contributed by atoms with Crippen LogP contribution in [0.25, 0.3) is 0 Å². The summed E-state index contributed by atoms with van der Waals surface area (Å²) < 4.78 is 0. The fourth-order valence-corrected chi connectivity index (χ4v) is 3.10. The zero-order chi connectivity index (χ0) is 15.8. The van der Waals surface area contributed by atoms with Crippen molar-refractivity contribution in [2.75, 3.05) is 11.9 Å². The largest absolute Gasteiger partial charge is 0.369 e. The van der Waals surface area contributed by atoms with E-state index in [2.05, 4.69) is 49.3 Å². The summed E-state index contributed by atoms with van der Waals surface area (Å²) in [5.74, 6) is 0.256. The minimum Gasteiger partial charge on any atom is -0.369 e. The van der Waals surface area contributed by atoms with E-state index in [1.807, 2.05) is 6.07 Å². The second kappa shape index (κ2) is 5.68. The van der Waals surface area contributed by atoms with Gasteiger partial charge in [0.25, 0.3) is 0 Å². The number of hydrogen-bond donors (Lipinski definition) is 1. The van der Waals surface area contributed by atoms with Gasteiger partial charge in [0.2, 0.25) is 5.91 Å². The number of halogens is 1. The Kier molecular flexibility index (Phi) is 4.28. The zero-order valence-corrected chi connectivity index (χ0v) is 14.0. The molecule has 1 atom stereocenters. The van der Waals surface area contributed by atoms with E-state index in [1.165, 1.54) is 18.2 Å². The van der Waals surface area contributed by atoms with E-state index in [0.29, 0.717) is 10.9 Å².